The Morgan fingerprint density at radius 1 is 1.31 bits per heavy atom. The number of aliphatic hydroxyl groups is 1. The third kappa shape index (κ3) is 3.76. The molecule has 1 amide bonds. The molecule has 0 saturated carbocycles. The molecule has 3 rings (SSSR count). The van der Waals surface area contributed by atoms with Crippen LogP contribution in [0.3, 0.4) is 0 Å². The van der Waals surface area contributed by atoms with Gasteiger partial charge in [-0.25, -0.2) is 14.3 Å². The quantitative estimate of drug-likeness (QED) is 0.250. The van der Waals surface area contributed by atoms with Gasteiger partial charge in [0.2, 0.25) is 0 Å². The minimum absolute atomic E-state index is 0.0423. The van der Waals surface area contributed by atoms with E-state index in [4.69, 9.17) is 9.94 Å². The molecule has 0 radical (unpaired) electrons. The summed E-state index contributed by atoms with van der Waals surface area (Å²) in [6.07, 6.45) is 2.35. The number of anilines is 2. The lowest BCUT2D eigenvalue weighted by molar-refractivity contribution is 0.0166. The second-order valence-electron chi connectivity index (χ2n) is 5.17. The zero-order valence-corrected chi connectivity index (χ0v) is 15.3. The van der Waals surface area contributed by atoms with Gasteiger partial charge in [-0.15, -0.1) is 0 Å². The SMILES string of the molecule is O=C(NOCCO)c1[nH]c2c(F)cncc2c1Nc1ccc(I)cc1F. The van der Waals surface area contributed by atoms with E-state index in [0.717, 1.165) is 6.20 Å². The first-order valence-electron chi connectivity index (χ1n) is 7.41. The summed E-state index contributed by atoms with van der Waals surface area (Å²) in [7, 11) is 0. The Morgan fingerprint density at radius 2 is 2.12 bits per heavy atom. The lowest BCUT2D eigenvalue weighted by atomic mass is 10.2. The van der Waals surface area contributed by atoms with E-state index in [9.17, 15) is 13.6 Å². The number of nitrogens with zero attached hydrogens (tertiary/aromatic N) is 1. The van der Waals surface area contributed by atoms with Crippen LogP contribution in [-0.2, 0) is 4.84 Å². The molecule has 0 aliphatic carbocycles. The number of carbonyl (C=O) groups excluding carboxylic acids is 1. The van der Waals surface area contributed by atoms with Crippen molar-refractivity contribution in [2.45, 2.75) is 0 Å². The van der Waals surface area contributed by atoms with E-state index in [2.05, 4.69) is 20.8 Å². The summed E-state index contributed by atoms with van der Waals surface area (Å²) in [6.45, 7) is -0.402. The molecule has 0 aliphatic rings. The molecule has 4 N–H and O–H groups in total. The number of hydroxylamine groups is 1. The number of nitrogens with one attached hydrogen (secondary N) is 3. The van der Waals surface area contributed by atoms with Crippen molar-refractivity contribution in [1.29, 1.82) is 0 Å². The molecule has 10 heteroatoms. The van der Waals surface area contributed by atoms with Gasteiger partial charge in [0, 0.05) is 15.2 Å². The van der Waals surface area contributed by atoms with E-state index in [1.807, 2.05) is 22.6 Å². The van der Waals surface area contributed by atoms with Gasteiger partial charge in [-0.1, -0.05) is 0 Å². The number of halogens is 3. The van der Waals surface area contributed by atoms with Crippen LogP contribution in [0.15, 0.2) is 30.6 Å². The molecule has 0 spiro atoms. The largest absolute Gasteiger partial charge is 0.394 e. The van der Waals surface area contributed by atoms with Crippen molar-refractivity contribution in [3.8, 4) is 0 Å². The lowest BCUT2D eigenvalue weighted by Gasteiger charge is -2.10. The average molecular weight is 474 g/mol. The number of pyridine rings is 1. The first kappa shape index (κ1) is 18.5. The summed E-state index contributed by atoms with van der Waals surface area (Å²) in [5.74, 6) is -1.91. The Morgan fingerprint density at radius 3 is 2.85 bits per heavy atom. The van der Waals surface area contributed by atoms with Crippen molar-refractivity contribution < 1.29 is 23.5 Å². The molecule has 1 aromatic carbocycles. The van der Waals surface area contributed by atoms with Crippen LogP contribution in [0.5, 0.6) is 0 Å². The van der Waals surface area contributed by atoms with Crippen LogP contribution >= 0.6 is 22.6 Å². The molecule has 0 fully saturated rings. The molecule has 0 saturated heterocycles. The highest BCUT2D eigenvalue weighted by Crippen LogP contribution is 2.32. The summed E-state index contributed by atoms with van der Waals surface area (Å²) < 4.78 is 28.9. The Hall–Kier alpha value is -2.31. The third-order valence-corrected chi connectivity index (χ3v) is 4.12. The number of amides is 1. The number of aromatic nitrogens is 2. The second kappa shape index (κ2) is 7.93. The molecule has 0 bridgehead atoms. The minimum Gasteiger partial charge on any atom is -0.394 e. The summed E-state index contributed by atoms with van der Waals surface area (Å²) in [5.41, 5.74) is 2.36. The maximum Gasteiger partial charge on any atom is 0.293 e. The van der Waals surface area contributed by atoms with Crippen LogP contribution in [0, 0.1) is 15.2 Å². The smallest absolute Gasteiger partial charge is 0.293 e. The van der Waals surface area contributed by atoms with Crippen molar-refractivity contribution in [2.75, 3.05) is 18.5 Å². The number of aliphatic hydroxyl groups excluding tert-OH is 1. The van der Waals surface area contributed by atoms with Gasteiger partial charge < -0.3 is 15.4 Å². The summed E-state index contributed by atoms with van der Waals surface area (Å²) in [5, 5.41) is 11.8. The number of aromatic amines is 1. The number of carbonyl (C=O) groups is 1. The Balaban J connectivity index is 2.04. The molecule has 0 atom stereocenters. The Bertz CT molecular complexity index is 964. The van der Waals surface area contributed by atoms with Gasteiger partial charge in [-0.3, -0.25) is 14.6 Å². The number of hydrogen-bond donors (Lipinski definition) is 4. The molecule has 26 heavy (non-hydrogen) atoms. The number of H-pyrrole nitrogens is 1. The van der Waals surface area contributed by atoms with Crippen LogP contribution in [0.1, 0.15) is 10.5 Å². The zero-order valence-electron chi connectivity index (χ0n) is 13.1. The van der Waals surface area contributed by atoms with Crippen molar-refractivity contribution in [2.24, 2.45) is 0 Å². The van der Waals surface area contributed by atoms with Crippen molar-refractivity contribution in [3.63, 3.8) is 0 Å². The number of hydrogen-bond acceptors (Lipinski definition) is 5. The standard InChI is InChI=1S/C16H13F2IN4O3/c17-10-5-8(19)1-2-12(10)21-14-9-6-20-7-11(18)13(9)22-15(14)16(25)23-26-4-3-24/h1-2,5-7,21-22,24H,3-4H2,(H,23,25). The molecule has 3 aromatic rings. The van der Waals surface area contributed by atoms with Gasteiger partial charge in [0.15, 0.2) is 5.82 Å². The predicted octanol–water partition coefficient (Wildman–Crippen LogP) is 2.84. The summed E-state index contributed by atoms with van der Waals surface area (Å²) in [4.78, 5) is 23.5. The van der Waals surface area contributed by atoms with E-state index in [1.165, 1.54) is 18.3 Å². The second-order valence-corrected chi connectivity index (χ2v) is 6.42. The highest BCUT2D eigenvalue weighted by Gasteiger charge is 2.21. The number of benzene rings is 1. The minimum atomic E-state index is -0.720. The molecule has 0 unspecified atom stereocenters. The molecular formula is C16H13F2IN4O3. The van der Waals surface area contributed by atoms with E-state index in [0.29, 0.717) is 3.57 Å². The molecule has 0 aliphatic heterocycles. The van der Waals surface area contributed by atoms with E-state index >= 15 is 0 Å². The first-order valence-corrected chi connectivity index (χ1v) is 8.49. The number of fused-ring (bicyclic) bond motifs is 1. The van der Waals surface area contributed by atoms with E-state index < -0.39 is 17.5 Å². The fourth-order valence-electron chi connectivity index (χ4n) is 2.31. The molecule has 2 heterocycles. The highest BCUT2D eigenvalue weighted by atomic mass is 127. The van der Waals surface area contributed by atoms with Crippen LogP contribution in [0.25, 0.3) is 10.9 Å². The normalized spacial score (nSPS) is 10.9. The van der Waals surface area contributed by atoms with Crippen molar-refractivity contribution in [3.05, 3.63) is 51.5 Å². The average Bonchev–Trinajstić information content (AvgIpc) is 2.98. The van der Waals surface area contributed by atoms with Crippen LogP contribution in [0.4, 0.5) is 20.2 Å². The van der Waals surface area contributed by atoms with E-state index in [-0.39, 0.29) is 41.2 Å². The molecule has 7 nitrogen and oxygen atoms in total. The first-order chi connectivity index (χ1) is 12.5. The predicted molar refractivity (Wildman–Crippen MR) is 99.0 cm³/mol. The van der Waals surface area contributed by atoms with Crippen LogP contribution < -0.4 is 10.8 Å². The highest BCUT2D eigenvalue weighted by molar-refractivity contribution is 14.1. The third-order valence-electron chi connectivity index (χ3n) is 3.45. The van der Waals surface area contributed by atoms with Gasteiger partial charge in [0.1, 0.15) is 11.5 Å². The van der Waals surface area contributed by atoms with Gasteiger partial charge in [-0.2, -0.15) is 0 Å². The Kier molecular flexibility index (Phi) is 5.64. The van der Waals surface area contributed by atoms with E-state index in [1.54, 1.807) is 6.07 Å². The van der Waals surface area contributed by atoms with Crippen molar-refractivity contribution in [1.82, 2.24) is 15.4 Å². The fraction of sp³-hybridized carbons (Fsp3) is 0.125. The molecular weight excluding hydrogens is 461 g/mol. The zero-order chi connectivity index (χ0) is 18.7. The molecule has 136 valence electrons. The van der Waals surface area contributed by atoms with Crippen LogP contribution in [-0.4, -0.2) is 34.2 Å². The van der Waals surface area contributed by atoms with Gasteiger partial charge in [0.05, 0.1) is 36.3 Å². The Labute approximate surface area is 159 Å². The topological polar surface area (TPSA) is 99.3 Å². The summed E-state index contributed by atoms with van der Waals surface area (Å²) >= 11 is 1.97. The number of rotatable bonds is 6. The van der Waals surface area contributed by atoms with Gasteiger partial charge >= 0.3 is 0 Å². The molecule has 2 aromatic heterocycles. The maximum atomic E-state index is 14.2. The van der Waals surface area contributed by atoms with Crippen molar-refractivity contribution >= 4 is 50.8 Å². The maximum absolute atomic E-state index is 14.2. The fourth-order valence-corrected chi connectivity index (χ4v) is 2.77. The monoisotopic (exact) mass is 474 g/mol. The van der Waals surface area contributed by atoms with Gasteiger partial charge in [0.25, 0.3) is 5.91 Å². The van der Waals surface area contributed by atoms with Crippen LogP contribution in [0.2, 0.25) is 0 Å². The van der Waals surface area contributed by atoms with Gasteiger partial charge in [-0.05, 0) is 40.8 Å². The summed E-state index contributed by atoms with van der Waals surface area (Å²) in [6, 6.07) is 4.51. The lowest BCUT2D eigenvalue weighted by Crippen LogP contribution is -2.26.